The Bertz CT molecular complexity index is 487. The van der Waals surface area contributed by atoms with Crippen molar-refractivity contribution in [1.82, 2.24) is 4.90 Å². The van der Waals surface area contributed by atoms with Gasteiger partial charge in [-0.2, -0.15) is 0 Å². The zero-order valence-electron chi connectivity index (χ0n) is 12.3. The maximum atomic E-state index is 12.8. The van der Waals surface area contributed by atoms with Crippen molar-refractivity contribution in [3.05, 3.63) is 29.3 Å². The van der Waals surface area contributed by atoms with Gasteiger partial charge in [-0.05, 0) is 51.3 Å². The molecule has 1 saturated carbocycles. The summed E-state index contributed by atoms with van der Waals surface area (Å²) >= 11 is 0. The van der Waals surface area contributed by atoms with Crippen LogP contribution in [-0.2, 0) is 0 Å². The second-order valence-corrected chi connectivity index (χ2v) is 5.53. The van der Waals surface area contributed by atoms with Crippen LogP contribution in [0.5, 0.6) is 5.75 Å². The molecule has 0 bridgehead atoms. The average Bonchev–Trinajstić information content (AvgIpc) is 2.91. The van der Waals surface area contributed by atoms with E-state index in [2.05, 4.69) is 0 Å². The van der Waals surface area contributed by atoms with Crippen molar-refractivity contribution in [2.75, 3.05) is 13.1 Å². The normalized spacial score (nSPS) is 21.9. The predicted octanol–water partition coefficient (Wildman–Crippen LogP) is 2.29. The van der Waals surface area contributed by atoms with Crippen LogP contribution in [0, 0.1) is 12.8 Å². The SMILES string of the molecule is CCN(C(=O)c1cccc(O)c1C)C1CCCC1CN. The first-order valence-electron chi connectivity index (χ1n) is 7.39. The van der Waals surface area contributed by atoms with Gasteiger partial charge in [-0.25, -0.2) is 0 Å². The van der Waals surface area contributed by atoms with E-state index in [1.165, 1.54) is 0 Å². The number of benzene rings is 1. The Hall–Kier alpha value is -1.55. The summed E-state index contributed by atoms with van der Waals surface area (Å²) in [5, 5.41) is 9.78. The number of carbonyl (C=O) groups excluding carboxylic acids is 1. The number of nitrogens with two attached hydrogens (primary N) is 1. The lowest BCUT2D eigenvalue weighted by molar-refractivity contribution is 0.0651. The number of aromatic hydroxyl groups is 1. The van der Waals surface area contributed by atoms with Gasteiger partial charge in [-0.1, -0.05) is 12.5 Å². The molecular formula is C16H24N2O2. The molecule has 2 unspecified atom stereocenters. The van der Waals surface area contributed by atoms with E-state index < -0.39 is 0 Å². The first kappa shape index (κ1) is 14.9. The Morgan fingerprint density at radius 3 is 2.85 bits per heavy atom. The van der Waals surface area contributed by atoms with E-state index in [0.717, 1.165) is 19.3 Å². The lowest BCUT2D eigenvalue weighted by Gasteiger charge is -2.32. The Morgan fingerprint density at radius 2 is 2.20 bits per heavy atom. The molecule has 0 radical (unpaired) electrons. The van der Waals surface area contributed by atoms with E-state index in [0.29, 0.717) is 30.1 Å². The van der Waals surface area contributed by atoms with Crippen molar-refractivity contribution in [3.8, 4) is 5.75 Å². The summed E-state index contributed by atoms with van der Waals surface area (Å²) in [6, 6.07) is 5.35. The van der Waals surface area contributed by atoms with Gasteiger partial charge in [0.25, 0.3) is 5.91 Å². The van der Waals surface area contributed by atoms with Gasteiger partial charge < -0.3 is 15.7 Å². The van der Waals surface area contributed by atoms with E-state index in [1.54, 1.807) is 25.1 Å². The van der Waals surface area contributed by atoms with Crippen LogP contribution in [-0.4, -0.2) is 35.0 Å². The summed E-state index contributed by atoms with van der Waals surface area (Å²) in [6.07, 6.45) is 3.26. The van der Waals surface area contributed by atoms with Crippen LogP contribution >= 0.6 is 0 Å². The zero-order valence-corrected chi connectivity index (χ0v) is 12.3. The number of rotatable bonds is 4. The molecule has 3 N–H and O–H groups in total. The van der Waals surface area contributed by atoms with E-state index in [4.69, 9.17) is 5.73 Å². The fourth-order valence-electron chi connectivity index (χ4n) is 3.24. The largest absolute Gasteiger partial charge is 0.508 e. The Kier molecular flexibility index (Phi) is 4.65. The molecule has 1 aliphatic rings. The number of hydrogen-bond acceptors (Lipinski definition) is 3. The Labute approximate surface area is 120 Å². The molecule has 1 aromatic carbocycles. The second kappa shape index (κ2) is 6.27. The molecule has 4 nitrogen and oxygen atoms in total. The summed E-state index contributed by atoms with van der Waals surface area (Å²) in [5.74, 6) is 0.580. The minimum Gasteiger partial charge on any atom is -0.508 e. The minimum absolute atomic E-state index is 0.00579. The van der Waals surface area contributed by atoms with Crippen molar-refractivity contribution in [2.24, 2.45) is 11.7 Å². The minimum atomic E-state index is 0.00579. The number of carbonyl (C=O) groups is 1. The smallest absolute Gasteiger partial charge is 0.254 e. The van der Waals surface area contributed by atoms with Crippen molar-refractivity contribution in [3.63, 3.8) is 0 Å². The van der Waals surface area contributed by atoms with Crippen LogP contribution in [0.2, 0.25) is 0 Å². The molecule has 20 heavy (non-hydrogen) atoms. The molecule has 1 aliphatic carbocycles. The van der Waals surface area contributed by atoms with Crippen LogP contribution in [0.1, 0.15) is 42.1 Å². The highest BCUT2D eigenvalue weighted by Gasteiger charge is 2.33. The van der Waals surface area contributed by atoms with Gasteiger partial charge >= 0.3 is 0 Å². The van der Waals surface area contributed by atoms with Gasteiger partial charge in [0, 0.05) is 23.7 Å². The summed E-state index contributed by atoms with van der Waals surface area (Å²) in [7, 11) is 0. The van der Waals surface area contributed by atoms with Gasteiger partial charge in [0.05, 0.1) is 0 Å². The average molecular weight is 276 g/mol. The molecular weight excluding hydrogens is 252 g/mol. The highest BCUT2D eigenvalue weighted by molar-refractivity contribution is 5.96. The lowest BCUT2D eigenvalue weighted by Crippen LogP contribution is -2.44. The van der Waals surface area contributed by atoms with Gasteiger partial charge in [0.2, 0.25) is 0 Å². The summed E-state index contributed by atoms with van der Waals surface area (Å²) in [5.41, 5.74) is 7.07. The monoisotopic (exact) mass is 276 g/mol. The zero-order chi connectivity index (χ0) is 14.7. The highest BCUT2D eigenvalue weighted by Crippen LogP contribution is 2.31. The van der Waals surface area contributed by atoms with Crippen LogP contribution in [0.15, 0.2) is 18.2 Å². The molecule has 2 atom stereocenters. The second-order valence-electron chi connectivity index (χ2n) is 5.53. The molecule has 0 aromatic heterocycles. The number of amides is 1. The molecule has 1 amide bonds. The summed E-state index contributed by atoms with van der Waals surface area (Å²) in [6.45, 7) is 5.09. The number of hydrogen-bond donors (Lipinski definition) is 2. The molecule has 1 fully saturated rings. The molecule has 4 heteroatoms. The first-order chi connectivity index (χ1) is 9.60. The van der Waals surface area contributed by atoms with E-state index >= 15 is 0 Å². The van der Waals surface area contributed by atoms with Gasteiger partial charge in [-0.3, -0.25) is 4.79 Å². The lowest BCUT2D eigenvalue weighted by atomic mass is 10.00. The van der Waals surface area contributed by atoms with Crippen LogP contribution in [0.3, 0.4) is 0 Å². The van der Waals surface area contributed by atoms with Gasteiger partial charge in [0.1, 0.15) is 5.75 Å². The standard InChI is InChI=1S/C16H24N2O2/c1-3-18(14-8-4-6-12(14)10-17)16(20)13-7-5-9-15(19)11(13)2/h5,7,9,12,14,19H,3-4,6,8,10,17H2,1-2H3. The molecule has 0 saturated heterocycles. The molecule has 1 aromatic rings. The Balaban J connectivity index is 2.27. The quantitative estimate of drug-likeness (QED) is 0.886. The number of phenols is 1. The summed E-state index contributed by atoms with van der Waals surface area (Å²) < 4.78 is 0. The molecule has 0 aliphatic heterocycles. The van der Waals surface area contributed by atoms with E-state index in [9.17, 15) is 9.90 Å². The molecule has 2 rings (SSSR count). The third-order valence-corrected chi connectivity index (χ3v) is 4.46. The van der Waals surface area contributed by atoms with Gasteiger partial charge in [0.15, 0.2) is 0 Å². The van der Waals surface area contributed by atoms with Crippen molar-refractivity contribution in [2.45, 2.75) is 39.2 Å². The van der Waals surface area contributed by atoms with E-state index in [1.807, 2.05) is 11.8 Å². The van der Waals surface area contributed by atoms with Crippen LogP contribution in [0.4, 0.5) is 0 Å². The van der Waals surface area contributed by atoms with Crippen LogP contribution < -0.4 is 5.73 Å². The van der Waals surface area contributed by atoms with Crippen LogP contribution in [0.25, 0.3) is 0 Å². The third kappa shape index (κ3) is 2.66. The van der Waals surface area contributed by atoms with Gasteiger partial charge in [-0.15, -0.1) is 0 Å². The van der Waals surface area contributed by atoms with Crippen molar-refractivity contribution < 1.29 is 9.90 Å². The fourth-order valence-corrected chi connectivity index (χ4v) is 3.24. The highest BCUT2D eigenvalue weighted by atomic mass is 16.3. The fraction of sp³-hybridized carbons (Fsp3) is 0.562. The van der Waals surface area contributed by atoms with E-state index in [-0.39, 0.29) is 17.7 Å². The molecule has 0 spiro atoms. The maximum absolute atomic E-state index is 12.8. The predicted molar refractivity (Wildman–Crippen MR) is 79.7 cm³/mol. The maximum Gasteiger partial charge on any atom is 0.254 e. The topological polar surface area (TPSA) is 66.6 Å². The molecule has 110 valence electrons. The van der Waals surface area contributed by atoms with Crippen molar-refractivity contribution in [1.29, 1.82) is 0 Å². The van der Waals surface area contributed by atoms with Crippen molar-refractivity contribution >= 4 is 5.91 Å². The Morgan fingerprint density at radius 1 is 1.45 bits per heavy atom. The third-order valence-electron chi connectivity index (χ3n) is 4.46. The number of nitrogens with zero attached hydrogens (tertiary/aromatic N) is 1. The number of phenolic OH excluding ortho intramolecular Hbond substituents is 1. The summed E-state index contributed by atoms with van der Waals surface area (Å²) in [4.78, 5) is 14.7. The molecule has 0 heterocycles. The first-order valence-corrected chi connectivity index (χ1v) is 7.39.